The predicted molar refractivity (Wildman–Crippen MR) is 99.6 cm³/mol. The maximum atomic E-state index is 12.6. The molecule has 1 aliphatic heterocycles. The molecule has 0 saturated heterocycles. The molecule has 0 bridgehead atoms. The molecule has 3 rings (SSSR count). The molecule has 2 N–H and O–H groups in total. The quantitative estimate of drug-likeness (QED) is 0.815. The highest BCUT2D eigenvalue weighted by atomic mass is 16.7. The molecule has 142 valence electrons. The SMILES string of the molecule is CC(C)[C@H](NC(=O)OCc1ccccc1)C(=O)Nc1ccc2c(c1)OCO2. The van der Waals surface area contributed by atoms with Gasteiger partial charge < -0.3 is 24.8 Å². The number of hydrogen-bond acceptors (Lipinski definition) is 5. The molecule has 0 radical (unpaired) electrons. The van der Waals surface area contributed by atoms with Gasteiger partial charge in [-0.25, -0.2) is 4.79 Å². The fourth-order valence-electron chi connectivity index (χ4n) is 2.62. The van der Waals surface area contributed by atoms with Crippen LogP contribution in [0, 0.1) is 5.92 Å². The fraction of sp³-hybridized carbons (Fsp3) is 0.300. The van der Waals surface area contributed by atoms with E-state index in [0.29, 0.717) is 17.2 Å². The first kappa shape index (κ1) is 18.6. The molecule has 7 heteroatoms. The van der Waals surface area contributed by atoms with Gasteiger partial charge in [-0.15, -0.1) is 0 Å². The third kappa shape index (κ3) is 4.91. The molecular formula is C20H22N2O5. The lowest BCUT2D eigenvalue weighted by atomic mass is 10.0. The van der Waals surface area contributed by atoms with Gasteiger partial charge in [-0.3, -0.25) is 4.79 Å². The van der Waals surface area contributed by atoms with Gasteiger partial charge >= 0.3 is 6.09 Å². The second-order valence-electron chi connectivity index (χ2n) is 6.49. The number of ether oxygens (including phenoxy) is 3. The van der Waals surface area contributed by atoms with Crippen molar-refractivity contribution in [3.63, 3.8) is 0 Å². The zero-order valence-electron chi connectivity index (χ0n) is 15.2. The monoisotopic (exact) mass is 370 g/mol. The molecule has 1 atom stereocenters. The molecule has 0 saturated carbocycles. The minimum Gasteiger partial charge on any atom is -0.454 e. The van der Waals surface area contributed by atoms with E-state index in [1.807, 2.05) is 44.2 Å². The Morgan fingerprint density at radius 3 is 2.56 bits per heavy atom. The number of carbonyl (C=O) groups excluding carboxylic acids is 2. The largest absolute Gasteiger partial charge is 0.454 e. The van der Waals surface area contributed by atoms with Crippen molar-refractivity contribution in [1.82, 2.24) is 5.32 Å². The number of fused-ring (bicyclic) bond motifs is 1. The van der Waals surface area contributed by atoms with Gasteiger partial charge in [-0.05, 0) is 23.6 Å². The van der Waals surface area contributed by atoms with Gasteiger partial charge in [0.2, 0.25) is 12.7 Å². The van der Waals surface area contributed by atoms with Crippen molar-refractivity contribution in [2.24, 2.45) is 5.92 Å². The van der Waals surface area contributed by atoms with Crippen LogP contribution in [0.3, 0.4) is 0 Å². The number of nitrogens with one attached hydrogen (secondary N) is 2. The van der Waals surface area contributed by atoms with E-state index >= 15 is 0 Å². The van der Waals surface area contributed by atoms with Gasteiger partial charge in [0, 0.05) is 11.8 Å². The predicted octanol–water partition coefficient (Wildman–Crippen LogP) is 3.30. The highest BCUT2D eigenvalue weighted by Crippen LogP contribution is 2.34. The van der Waals surface area contributed by atoms with Gasteiger partial charge in [0.15, 0.2) is 11.5 Å². The maximum Gasteiger partial charge on any atom is 0.408 e. The molecule has 27 heavy (non-hydrogen) atoms. The molecule has 2 aromatic rings. The Kier molecular flexibility index (Phi) is 5.80. The van der Waals surface area contributed by atoms with Gasteiger partial charge in [0.05, 0.1) is 0 Å². The summed E-state index contributed by atoms with van der Waals surface area (Å²) in [6, 6.07) is 13.7. The average Bonchev–Trinajstić information content (AvgIpc) is 3.12. The standard InChI is InChI=1S/C20H22N2O5/c1-13(2)18(22-20(24)25-11-14-6-4-3-5-7-14)19(23)21-15-8-9-16-17(10-15)27-12-26-16/h3-10,13,18H,11-12H2,1-2H3,(H,21,23)(H,22,24)/t18-/m0/s1. The smallest absolute Gasteiger partial charge is 0.408 e. The van der Waals surface area contributed by atoms with E-state index in [1.165, 1.54) is 0 Å². The van der Waals surface area contributed by atoms with Crippen LogP contribution < -0.4 is 20.1 Å². The molecule has 2 aromatic carbocycles. The lowest BCUT2D eigenvalue weighted by Gasteiger charge is -2.21. The Morgan fingerprint density at radius 1 is 1.07 bits per heavy atom. The van der Waals surface area contributed by atoms with Crippen LogP contribution in [-0.4, -0.2) is 24.8 Å². The van der Waals surface area contributed by atoms with Gasteiger partial charge in [-0.1, -0.05) is 44.2 Å². The minimum atomic E-state index is -0.737. The fourth-order valence-corrected chi connectivity index (χ4v) is 2.62. The average molecular weight is 370 g/mol. The van der Waals surface area contributed by atoms with E-state index in [-0.39, 0.29) is 25.2 Å². The van der Waals surface area contributed by atoms with E-state index in [4.69, 9.17) is 14.2 Å². The number of benzene rings is 2. The Bertz CT molecular complexity index is 807. The first-order chi connectivity index (χ1) is 13.0. The molecule has 0 unspecified atom stereocenters. The summed E-state index contributed by atoms with van der Waals surface area (Å²) in [5.74, 6) is 0.754. The maximum absolute atomic E-state index is 12.6. The summed E-state index contributed by atoms with van der Waals surface area (Å²) in [6.07, 6.45) is -0.640. The number of hydrogen-bond donors (Lipinski definition) is 2. The lowest BCUT2D eigenvalue weighted by molar-refractivity contribution is -0.119. The van der Waals surface area contributed by atoms with Crippen LogP contribution in [0.2, 0.25) is 0 Å². The van der Waals surface area contributed by atoms with E-state index in [9.17, 15) is 9.59 Å². The van der Waals surface area contributed by atoms with Crippen molar-refractivity contribution in [2.75, 3.05) is 12.1 Å². The van der Waals surface area contributed by atoms with Crippen LogP contribution in [-0.2, 0) is 16.1 Å². The molecule has 0 aromatic heterocycles. The molecule has 0 spiro atoms. The summed E-state index contributed by atoms with van der Waals surface area (Å²) in [7, 11) is 0. The van der Waals surface area contributed by atoms with E-state index in [0.717, 1.165) is 5.56 Å². The minimum absolute atomic E-state index is 0.122. The first-order valence-electron chi connectivity index (χ1n) is 8.70. The van der Waals surface area contributed by atoms with Crippen molar-refractivity contribution < 1.29 is 23.8 Å². The number of carbonyl (C=O) groups is 2. The number of rotatable bonds is 6. The van der Waals surface area contributed by atoms with Crippen LogP contribution in [0.5, 0.6) is 11.5 Å². The first-order valence-corrected chi connectivity index (χ1v) is 8.70. The van der Waals surface area contributed by atoms with E-state index < -0.39 is 12.1 Å². The van der Waals surface area contributed by atoms with Crippen LogP contribution in [0.25, 0.3) is 0 Å². The van der Waals surface area contributed by atoms with Crippen LogP contribution in [0.1, 0.15) is 19.4 Å². The number of amides is 2. The summed E-state index contributed by atoms with van der Waals surface area (Å²) in [5.41, 5.74) is 1.44. The van der Waals surface area contributed by atoms with Crippen molar-refractivity contribution >= 4 is 17.7 Å². The third-order valence-corrected chi connectivity index (χ3v) is 4.08. The normalized spacial score (nSPS) is 13.1. The molecule has 0 fully saturated rings. The molecule has 7 nitrogen and oxygen atoms in total. The summed E-state index contributed by atoms with van der Waals surface area (Å²) in [5, 5.41) is 5.42. The molecule has 0 aliphatic carbocycles. The number of anilines is 1. The van der Waals surface area contributed by atoms with Gasteiger partial charge in [-0.2, -0.15) is 0 Å². The second kappa shape index (κ2) is 8.44. The van der Waals surface area contributed by atoms with Crippen LogP contribution in [0.4, 0.5) is 10.5 Å². The zero-order valence-corrected chi connectivity index (χ0v) is 15.2. The highest BCUT2D eigenvalue weighted by Gasteiger charge is 2.25. The molecule has 1 aliphatic rings. The second-order valence-corrected chi connectivity index (χ2v) is 6.49. The summed E-state index contributed by atoms with van der Waals surface area (Å²) in [6.45, 7) is 4.00. The van der Waals surface area contributed by atoms with E-state index in [1.54, 1.807) is 18.2 Å². The highest BCUT2D eigenvalue weighted by molar-refractivity contribution is 5.97. The van der Waals surface area contributed by atoms with E-state index in [2.05, 4.69) is 10.6 Å². The van der Waals surface area contributed by atoms with Crippen LogP contribution >= 0.6 is 0 Å². The molecule has 2 amide bonds. The molecular weight excluding hydrogens is 348 g/mol. The molecule has 1 heterocycles. The van der Waals surface area contributed by atoms with Crippen molar-refractivity contribution in [1.29, 1.82) is 0 Å². The summed E-state index contributed by atoms with van der Waals surface area (Å²) >= 11 is 0. The van der Waals surface area contributed by atoms with Gasteiger partial charge in [0.1, 0.15) is 12.6 Å². The zero-order chi connectivity index (χ0) is 19.2. The van der Waals surface area contributed by atoms with Gasteiger partial charge in [0.25, 0.3) is 0 Å². The van der Waals surface area contributed by atoms with Crippen molar-refractivity contribution in [3.05, 3.63) is 54.1 Å². The van der Waals surface area contributed by atoms with Crippen molar-refractivity contribution in [2.45, 2.75) is 26.5 Å². The topological polar surface area (TPSA) is 85.9 Å². The Hall–Kier alpha value is -3.22. The Labute approximate surface area is 157 Å². The Morgan fingerprint density at radius 2 is 1.81 bits per heavy atom. The summed E-state index contributed by atoms with van der Waals surface area (Å²) in [4.78, 5) is 24.7. The number of alkyl carbamates (subject to hydrolysis) is 1. The lowest BCUT2D eigenvalue weighted by Crippen LogP contribution is -2.47. The Balaban J connectivity index is 1.57. The van der Waals surface area contributed by atoms with Crippen molar-refractivity contribution in [3.8, 4) is 11.5 Å². The summed E-state index contributed by atoms with van der Waals surface area (Å²) < 4.78 is 15.8. The third-order valence-electron chi connectivity index (χ3n) is 4.08. The van der Waals surface area contributed by atoms with Crippen LogP contribution in [0.15, 0.2) is 48.5 Å².